The van der Waals surface area contributed by atoms with Gasteiger partial charge < -0.3 is 0 Å². The number of hydrogen-bond donors (Lipinski definition) is 0. The summed E-state index contributed by atoms with van der Waals surface area (Å²) >= 11 is 0. The molecule has 0 fully saturated rings. The molecule has 0 spiro atoms. The van der Waals surface area contributed by atoms with Crippen molar-refractivity contribution in [1.29, 1.82) is 0 Å². The van der Waals surface area contributed by atoms with Gasteiger partial charge in [0.2, 0.25) is 0 Å². The fraction of sp³-hybridized carbons (Fsp3) is 0.571. The SMILES string of the molecule is CC(C)N1C(C)Cc2ccccc2C1C. The van der Waals surface area contributed by atoms with E-state index in [1.807, 2.05) is 0 Å². The third-order valence-corrected chi connectivity index (χ3v) is 3.57. The van der Waals surface area contributed by atoms with E-state index < -0.39 is 0 Å². The van der Waals surface area contributed by atoms with Gasteiger partial charge in [0.05, 0.1) is 0 Å². The second-order valence-electron chi connectivity index (χ2n) is 4.97. The molecule has 1 nitrogen and oxygen atoms in total. The molecular weight excluding hydrogens is 182 g/mol. The highest BCUT2D eigenvalue weighted by Crippen LogP contribution is 2.33. The number of fused-ring (bicyclic) bond motifs is 1. The summed E-state index contributed by atoms with van der Waals surface area (Å²) in [6.45, 7) is 9.25. The smallest absolute Gasteiger partial charge is 0.0328 e. The van der Waals surface area contributed by atoms with Crippen molar-refractivity contribution < 1.29 is 0 Å². The van der Waals surface area contributed by atoms with Gasteiger partial charge in [-0.3, -0.25) is 4.90 Å². The minimum Gasteiger partial charge on any atom is -0.291 e. The van der Waals surface area contributed by atoms with E-state index in [0.29, 0.717) is 18.1 Å². The summed E-state index contributed by atoms with van der Waals surface area (Å²) in [5.74, 6) is 0. The molecule has 1 heteroatoms. The zero-order chi connectivity index (χ0) is 11.0. The van der Waals surface area contributed by atoms with Gasteiger partial charge >= 0.3 is 0 Å². The molecule has 0 saturated carbocycles. The lowest BCUT2D eigenvalue weighted by Gasteiger charge is -2.43. The molecule has 1 heterocycles. The van der Waals surface area contributed by atoms with E-state index in [1.54, 1.807) is 0 Å². The Morgan fingerprint density at radius 1 is 1.20 bits per heavy atom. The van der Waals surface area contributed by atoms with Crippen molar-refractivity contribution in [3.8, 4) is 0 Å². The summed E-state index contributed by atoms with van der Waals surface area (Å²) in [7, 11) is 0. The van der Waals surface area contributed by atoms with Gasteiger partial charge in [0.15, 0.2) is 0 Å². The van der Waals surface area contributed by atoms with E-state index in [0.717, 1.165) is 0 Å². The lowest BCUT2D eigenvalue weighted by Crippen LogP contribution is -2.45. The van der Waals surface area contributed by atoms with Crippen molar-refractivity contribution in [2.45, 2.75) is 52.2 Å². The first-order valence-corrected chi connectivity index (χ1v) is 5.96. The molecule has 0 saturated heterocycles. The average Bonchev–Trinajstić information content (AvgIpc) is 2.17. The molecule has 0 amide bonds. The van der Waals surface area contributed by atoms with Gasteiger partial charge in [-0.15, -0.1) is 0 Å². The molecule has 0 bridgehead atoms. The molecular formula is C14H21N. The highest BCUT2D eigenvalue weighted by atomic mass is 15.2. The largest absolute Gasteiger partial charge is 0.291 e. The van der Waals surface area contributed by atoms with Crippen LogP contribution in [0, 0.1) is 0 Å². The second-order valence-corrected chi connectivity index (χ2v) is 4.97. The maximum atomic E-state index is 2.61. The summed E-state index contributed by atoms with van der Waals surface area (Å²) in [5.41, 5.74) is 3.05. The average molecular weight is 203 g/mol. The van der Waals surface area contributed by atoms with Crippen LogP contribution in [-0.4, -0.2) is 17.0 Å². The van der Waals surface area contributed by atoms with Crippen LogP contribution in [-0.2, 0) is 6.42 Å². The first-order chi connectivity index (χ1) is 7.11. The van der Waals surface area contributed by atoms with Crippen LogP contribution >= 0.6 is 0 Å². The molecule has 2 unspecified atom stereocenters. The Hall–Kier alpha value is -0.820. The minimum atomic E-state index is 0.560. The van der Waals surface area contributed by atoms with E-state index in [1.165, 1.54) is 17.5 Å². The van der Waals surface area contributed by atoms with Gasteiger partial charge in [-0.2, -0.15) is 0 Å². The Morgan fingerprint density at radius 2 is 1.87 bits per heavy atom. The molecule has 1 aliphatic rings. The third-order valence-electron chi connectivity index (χ3n) is 3.57. The third kappa shape index (κ3) is 1.81. The second kappa shape index (κ2) is 3.97. The van der Waals surface area contributed by atoms with Gasteiger partial charge in [-0.05, 0) is 45.2 Å². The van der Waals surface area contributed by atoms with Gasteiger partial charge in [0, 0.05) is 18.1 Å². The first-order valence-electron chi connectivity index (χ1n) is 5.96. The molecule has 0 radical (unpaired) electrons. The number of hydrogen-bond acceptors (Lipinski definition) is 1. The van der Waals surface area contributed by atoms with E-state index in [2.05, 4.69) is 56.9 Å². The minimum absolute atomic E-state index is 0.560. The Labute approximate surface area is 93.1 Å². The predicted molar refractivity (Wildman–Crippen MR) is 65.0 cm³/mol. The van der Waals surface area contributed by atoms with Crippen LogP contribution in [0.5, 0.6) is 0 Å². The van der Waals surface area contributed by atoms with Gasteiger partial charge in [-0.1, -0.05) is 24.3 Å². The predicted octanol–water partition coefficient (Wildman–Crippen LogP) is 3.40. The zero-order valence-electron chi connectivity index (χ0n) is 10.2. The molecule has 0 N–H and O–H groups in total. The van der Waals surface area contributed by atoms with Crippen LogP contribution in [0.4, 0.5) is 0 Å². The summed E-state index contributed by atoms with van der Waals surface area (Å²) in [6.07, 6.45) is 1.19. The number of benzene rings is 1. The van der Waals surface area contributed by atoms with Crippen molar-refractivity contribution in [3.63, 3.8) is 0 Å². The molecule has 0 aromatic heterocycles. The van der Waals surface area contributed by atoms with E-state index >= 15 is 0 Å². The molecule has 1 aromatic carbocycles. The van der Waals surface area contributed by atoms with Crippen molar-refractivity contribution in [3.05, 3.63) is 35.4 Å². The summed E-state index contributed by atoms with van der Waals surface area (Å²) < 4.78 is 0. The molecule has 1 aliphatic heterocycles. The maximum Gasteiger partial charge on any atom is 0.0328 e. The van der Waals surface area contributed by atoms with Crippen LogP contribution in [0.2, 0.25) is 0 Å². The molecule has 82 valence electrons. The van der Waals surface area contributed by atoms with E-state index in [9.17, 15) is 0 Å². The Kier molecular flexibility index (Phi) is 2.83. The molecule has 2 rings (SSSR count). The molecule has 2 atom stereocenters. The van der Waals surface area contributed by atoms with Crippen LogP contribution in [0.1, 0.15) is 44.9 Å². The Morgan fingerprint density at radius 3 is 2.53 bits per heavy atom. The number of nitrogens with zero attached hydrogens (tertiary/aromatic N) is 1. The van der Waals surface area contributed by atoms with Gasteiger partial charge in [0.25, 0.3) is 0 Å². The fourth-order valence-electron chi connectivity index (χ4n) is 3.05. The number of rotatable bonds is 1. The Balaban J connectivity index is 2.38. The Bertz CT molecular complexity index is 343. The van der Waals surface area contributed by atoms with Crippen molar-refractivity contribution >= 4 is 0 Å². The lowest BCUT2D eigenvalue weighted by molar-refractivity contribution is 0.0997. The quantitative estimate of drug-likeness (QED) is 0.676. The summed E-state index contributed by atoms with van der Waals surface area (Å²) in [4.78, 5) is 2.61. The van der Waals surface area contributed by atoms with Crippen LogP contribution < -0.4 is 0 Å². The normalized spacial score (nSPS) is 26.7. The van der Waals surface area contributed by atoms with Gasteiger partial charge in [0.1, 0.15) is 0 Å². The van der Waals surface area contributed by atoms with E-state index in [4.69, 9.17) is 0 Å². The van der Waals surface area contributed by atoms with Crippen molar-refractivity contribution in [2.24, 2.45) is 0 Å². The monoisotopic (exact) mass is 203 g/mol. The summed E-state index contributed by atoms with van der Waals surface area (Å²) in [6, 6.07) is 10.7. The van der Waals surface area contributed by atoms with Crippen LogP contribution in [0.15, 0.2) is 24.3 Å². The zero-order valence-corrected chi connectivity index (χ0v) is 10.2. The van der Waals surface area contributed by atoms with E-state index in [-0.39, 0.29) is 0 Å². The lowest BCUT2D eigenvalue weighted by atomic mass is 9.88. The molecule has 1 aromatic rings. The van der Waals surface area contributed by atoms with Crippen LogP contribution in [0.25, 0.3) is 0 Å². The standard InChI is InChI=1S/C14H21N/c1-10(2)15-11(3)9-13-7-5-6-8-14(13)12(15)4/h5-8,10-12H,9H2,1-4H3. The topological polar surface area (TPSA) is 3.24 Å². The van der Waals surface area contributed by atoms with Crippen molar-refractivity contribution in [1.82, 2.24) is 4.90 Å². The van der Waals surface area contributed by atoms with Crippen molar-refractivity contribution in [2.75, 3.05) is 0 Å². The molecule has 15 heavy (non-hydrogen) atoms. The fourth-order valence-corrected chi connectivity index (χ4v) is 3.05. The summed E-state index contributed by atoms with van der Waals surface area (Å²) in [5, 5.41) is 0. The van der Waals surface area contributed by atoms with Crippen LogP contribution in [0.3, 0.4) is 0 Å². The maximum absolute atomic E-state index is 2.61. The van der Waals surface area contributed by atoms with Gasteiger partial charge in [-0.25, -0.2) is 0 Å². The molecule has 0 aliphatic carbocycles. The first kappa shape index (κ1) is 10.7. The highest BCUT2D eigenvalue weighted by molar-refractivity contribution is 5.33. The highest BCUT2D eigenvalue weighted by Gasteiger charge is 2.30.